The van der Waals surface area contributed by atoms with E-state index < -0.39 is 0 Å². The van der Waals surface area contributed by atoms with Crippen molar-refractivity contribution in [1.82, 2.24) is 5.32 Å². The lowest BCUT2D eigenvalue weighted by Gasteiger charge is -2.15. The highest BCUT2D eigenvalue weighted by molar-refractivity contribution is 5.43. The predicted molar refractivity (Wildman–Crippen MR) is 82.8 cm³/mol. The smallest absolute Gasteiger partial charge is 0.125 e. The molecule has 0 aliphatic carbocycles. The third-order valence-electron chi connectivity index (χ3n) is 3.01. The zero-order valence-corrected chi connectivity index (χ0v) is 13.0. The van der Waals surface area contributed by atoms with E-state index in [-0.39, 0.29) is 0 Å². The summed E-state index contributed by atoms with van der Waals surface area (Å²) in [5.74, 6) is 1.02. The minimum atomic E-state index is 0.507. The lowest BCUT2D eigenvalue weighted by atomic mass is 10.1. The molecule has 106 valence electrons. The maximum Gasteiger partial charge on any atom is 0.125 e. The zero-order chi connectivity index (χ0) is 14.4. The Morgan fingerprint density at radius 1 is 1.26 bits per heavy atom. The summed E-state index contributed by atoms with van der Waals surface area (Å²) in [6.45, 7) is 16.1. The highest BCUT2D eigenvalue weighted by atomic mass is 16.5. The van der Waals surface area contributed by atoms with Gasteiger partial charge in [0.1, 0.15) is 5.75 Å². The van der Waals surface area contributed by atoms with Gasteiger partial charge in [0.2, 0.25) is 0 Å². The molecule has 0 unspecified atom stereocenters. The van der Waals surface area contributed by atoms with Crippen molar-refractivity contribution in [2.45, 2.75) is 53.6 Å². The quantitative estimate of drug-likeness (QED) is 0.745. The van der Waals surface area contributed by atoms with Gasteiger partial charge in [-0.2, -0.15) is 0 Å². The van der Waals surface area contributed by atoms with E-state index in [1.54, 1.807) is 0 Å². The van der Waals surface area contributed by atoms with Gasteiger partial charge in [-0.3, -0.25) is 0 Å². The van der Waals surface area contributed by atoms with E-state index in [2.05, 4.69) is 51.7 Å². The van der Waals surface area contributed by atoms with E-state index in [0.29, 0.717) is 12.6 Å². The van der Waals surface area contributed by atoms with Crippen molar-refractivity contribution < 1.29 is 4.74 Å². The van der Waals surface area contributed by atoms with E-state index in [1.807, 2.05) is 6.92 Å². The summed E-state index contributed by atoms with van der Waals surface area (Å²) in [5.41, 5.74) is 4.90. The molecule has 2 nitrogen and oxygen atoms in total. The van der Waals surface area contributed by atoms with Crippen LogP contribution in [0.15, 0.2) is 24.3 Å². The number of hydrogen-bond donors (Lipinski definition) is 1. The van der Waals surface area contributed by atoms with Gasteiger partial charge < -0.3 is 10.1 Å². The van der Waals surface area contributed by atoms with Gasteiger partial charge in [-0.25, -0.2) is 0 Å². The second kappa shape index (κ2) is 7.34. The topological polar surface area (TPSA) is 21.3 Å². The summed E-state index contributed by atoms with van der Waals surface area (Å²) in [6, 6.07) is 4.92. The van der Waals surface area contributed by atoms with Crippen LogP contribution in [0.3, 0.4) is 0 Å². The van der Waals surface area contributed by atoms with E-state index in [4.69, 9.17) is 4.74 Å². The average molecular weight is 261 g/mol. The van der Waals surface area contributed by atoms with E-state index in [0.717, 1.165) is 24.3 Å². The van der Waals surface area contributed by atoms with Gasteiger partial charge in [0.25, 0.3) is 0 Å². The van der Waals surface area contributed by atoms with Crippen LogP contribution in [0.1, 0.15) is 43.9 Å². The van der Waals surface area contributed by atoms with Crippen LogP contribution in [0.4, 0.5) is 0 Å². The normalized spacial score (nSPS) is 10.8. The first-order valence-electron chi connectivity index (χ1n) is 7.01. The Kier molecular flexibility index (Phi) is 6.10. The van der Waals surface area contributed by atoms with Gasteiger partial charge >= 0.3 is 0 Å². The first-order valence-corrected chi connectivity index (χ1v) is 7.01. The van der Waals surface area contributed by atoms with Gasteiger partial charge in [0.05, 0.1) is 6.61 Å². The molecule has 0 atom stereocenters. The van der Waals surface area contributed by atoms with Crippen LogP contribution in [-0.2, 0) is 6.54 Å². The highest BCUT2D eigenvalue weighted by Gasteiger charge is 2.07. The molecule has 19 heavy (non-hydrogen) atoms. The summed E-state index contributed by atoms with van der Waals surface area (Å²) in [7, 11) is 0. The Bertz CT molecular complexity index is 412. The van der Waals surface area contributed by atoms with Gasteiger partial charge in [0.15, 0.2) is 0 Å². The van der Waals surface area contributed by atoms with Crippen LogP contribution in [-0.4, -0.2) is 12.6 Å². The Morgan fingerprint density at radius 2 is 1.84 bits per heavy atom. The first-order chi connectivity index (χ1) is 8.90. The summed E-state index contributed by atoms with van der Waals surface area (Å²) < 4.78 is 5.88. The Morgan fingerprint density at radius 3 is 2.32 bits per heavy atom. The minimum absolute atomic E-state index is 0.507. The third-order valence-corrected chi connectivity index (χ3v) is 3.01. The fourth-order valence-corrected chi connectivity index (χ4v) is 2.02. The fraction of sp³-hybridized carbons (Fsp3) is 0.529. The molecule has 1 aromatic carbocycles. The average Bonchev–Trinajstić information content (AvgIpc) is 2.29. The van der Waals surface area contributed by atoms with Crippen molar-refractivity contribution in [3.8, 4) is 5.75 Å². The van der Waals surface area contributed by atoms with Gasteiger partial charge in [-0.05, 0) is 37.5 Å². The van der Waals surface area contributed by atoms with Crippen LogP contribution in [0.2, 0.25) is 0 Å². The molecule has 0 radical (unpaired) electrons. The highest BCUT2D eigenvalue weighted by Crippen LogP contribution is 2.25. The molecular weight excluding hydrogens is 234 g/mol. The number of nitrogens with one attached hydrogen (secondary N) is 1. The lowest BCUT2D eigenvalue weighted by molar-refractivity contribution is 0.317. The second-order valence-electron chi connectivity index (χ2n) is 5.65. The molecular formula is C17H27NO. The largest absolute Gasteiger partial charge is 0.493 e. The number of hydrogen-bond acceptors (Lipinski definition) is 2. The molecule has 2 heteroatoms. The fourth-order valence-electron chi connectivity index (χ4n) is 2.02. The van der Waals surface area contributed by atoms with Crippen LogP contribution < -0.4 is 10.1 Å². The minimum Gasteiger partial charge on any atom is -0.493 e. The van der Waals surface area contributed by atoms with Crippen molar-refractivity contribution >= 4 is 0 Å². The van der Waals surface area contributed by atoms with Crippen LogP contribution in [0, 0.1) is 13.8 Å². The van der Waals surface area contributed by atoms with Crippen molar-refractivity contribution in [1.29, 1.82) is 0 Å². The Labute approximate surface area is 117 Å². The monoisotopic (exact) mass is 261 g/mol. The number of benzene rings is 1. The summed E-state index contributed by atoms with van der Waals surface area (Å²) >= 11 is 0. The molecule has 0 aromatic heterocycles. The van der Waals surface area contributed by atoms with Crippen LogP contribution in [0.5, 0.6) is 5.75 Å². The molecule has 0 fully saturated rings. The van der Waals surface area contributed by atoms with E-state index in [9.17, 15) is 0 Å². The molecule has 0 heterocycles. The molecule has 0 bridgehead atoms. The van der Waals surface area contributed by atoms with Crippen LogP contribution >= 0.6 is 0 Å². The molecule has 0 amide bonds. The SMILES string of the molecule is C=C(C)CCOc1c(C)cc(CNC(C)C)cc1C. The third kappa shape index (κ3) is 5.48. The molecule has 1 rings (SSSR count). The maximum atomic E-state index is 5.88. The zero-order valence-electron chi connectivity index (χ0n) is 13.0. The predicted octanol–water partition coefficient (Wildman–Crippen LogP) is 4.15. The lowest BCUT2D eigenvalue weighted by Crippen LogP contribution is -2.21. The standard InChI is InChI=1S/C17H27NO/c1-12(2)7-8-19-17-14(5)9-16(10-15(17)6)11-18-13(3)4/h9-10,13,18H,1,7-8,11H2,2-6H3. The molecule has 0 aliphatic heterocycles. The second-order valence-corrected chi connectivity index (χ2v) is 5.65. The van der Waals surface area contributed by atoms with Gasteiger partial charge in [0, 0.05) is 19.0 Å². The molecule has 0 saturated heterocycles. The molecule has 0 saturated carbocycles. The van der Waals surface area contributed by atoms with Crippen molar-refractivity contribution in [3.63, 3.8) is 0 Å². The maximum absolute atomic E-state index is 5.88. The van der Waals surface area contributed by atoms with Gasteiger partial charge in [-0.15, -0.1) is 6.58 Å². The summed E-state index contributed by atoms with van der Waals surface area (Å²) in [6.07, 6.45) is 0.912. The van der Waals surface area contributed by atoms with Crippen molar-refractivity contribution in [3.05, 3.63) is 41.0 Å². The van der Waals surface area contributed by atoms with Crippen molar-refractivity contribution in [2.75, 3.05) is 6.61 Å². The van der Waals surface area contributed by atoms with Crippen molar-refractivity contribution in [2.24, 2.45) is 0 Å². The van der Waals surface area contributed by atoms with E-state index >= 15 is 0 Å². The molecule has 1 aromatic rings. The first kappa shape index (κ1) is 15.8. The molecule has 1 N–H and O–H groups in total. The molecule has 0 spiro atoms. The summed E-state index contributed by atoms with van der Waals surface area (Å²) in [4.78, 5) is 0. The Hall–Kier alpha value is -1.28. The number of ether oxygens (including phenoxy) is 1. The molecule has 0 aliphatic rings. The Balaban J connectivity index is 2.71. The summed E-state index contributed by atoms with van der Waals surface area (Å²) in [5, 5.41) is 3.44. The number of rotatable bonds is 7. The van der Waals surface area contributed by atoms with E-state index in [1.165, 1.54) is 16.7 Å². The van der Waals surface area contributed by atoms with Gasteiger partial charge in [-0.1, -0.05) is 31.6 Å². The van der Waals surface area contributed by atoms with Crippen LogP contribution in [0.25, 0.3) is 0 Å². The number of aryl methyl sites for hydroxylation is 2.